The lowest BCUT2D eigenvalue weighted by atomic mass is 10.0. The van der Waals surface area contributed by atoms with Crippen molar-refractivity contribution < 1.29 is 9.21 Å². The molecule has 2 aromatic carbocycles. The average molecular weight is 477 g/mol. The Morgan fingerprint density at radius 1 is 0.968 bits per heavy atom. The maximum atomic E-state index is 12.9. The second-order valence-electron chi connectivity index (χ2n) is 7.80. The van der Waals surface area contributed by atoms with Crippen molar-refractivity contribution in [2.45, 2.75) is 25.8 Å². The molecule has 1 N–H and O–H groups in total. The molecule has 0 saturated carbocycles. The monoisotopic (exact) mass is 476 g/mol. The van der Waals surface area contributed by atoms with E-state index in [1.54, 1.807) is 6.07 Å². The zero-order valence-corrected chi connectivity index (χ0v) is 18.8. The minimum atomic E-state index is -0.606. The highest BCUT2D eigenvalue weighted by molar-refractivity contribution is 9.10. The van der Waals surface area contributed by atoms with Gasteiger partial charge in [-0.1, -0.05) is 52.3 Å². The van der Waals surface area contributed by atoms with Gasteiger partial charge in [-0.25, -0.2) is 4.98 Å². The fourth-order valence-electron chi connectivity index (χ4n) is 3.19. The summed E-state index contributed by atoms with van der Waals surface area (Å²) in [6.45, 7) is 3.82. The lowest BCUT2D eigenvalue weighted by Crippen LogP contribution is -2.45. The Labute approximate surface area is 188 Å². The molecular weight excluding hydrogens is 456 g/mol. The quantitative estimate of drug-likeness (QED) is 0.407. The number of aromatic nitrogens is 3. The molecule has 4 rings (SSSR count). The Balaban J connectivity index is 1.47. The number of hydrogen-bond donors (Lipinski definition) is 1. The summed E-state index contributed by atoms with van der Waals surface area (Å²) in [4.78, 5) is 17.4. The van der Waals surface area contributed by atoms with E-state index in [1.807, 2.05) is 80.6 Å². The van der Waals surface area contributed by atoms with Crippen molar-refractivity contribution in [3.8, 4) is 22.7 Å². The molecule has 4 aromatic rings. The Kier molecular flexibility index (Phi) is 5.95. The summed E-state index contributed by atoms with van der Waals surface area (Å²) >= 11 is 3.47. The summed E-state index contributed by atoms with van der Waals surface area (Å²) in [7, 11) is 0. The lowest BCUT2D eigenvalue weighted by molar-refractivity contribution is 0.0905. The average Bonchev–Trinajstić information content (AvgIpc) is 3.22. The molecule has 0 spiro atoms. The number of hydrogen-bond acceptors (Lipinski definition) is 5. The van der Waals surface area contributed by atoms with Gasteiger partial charge in [-0.15, -0.1) is 10.2 Å². The van der Waals surface area contributed by atoms with E-state index in [4.69, 9.17) is 4.42 Å². The van der Waals surface area contributed by atoms with Gasteiger partial charge in [0.05, 0.1) is 5.69 Å². The van der Waals surface area contributed by atoms with Crippen molar-refractivity contribution in [2.24, 2.45) is 0 Å². The molecule has 0 saturated heterocycles. The van der Waals surface area contributed by atoms with Crippen LogP contribution in [0.5, 0.6) is 0 Å². The molecule has 156 valence electrons. The smallest absolute Gasteiger partial charge is 0.270 e. The highest BCUT2D eigenvalue weighted by atomic mass is 79.9. The van der Waals surface area contributed by atoms with E-state index in [0.29, 0.717) is 23.9 Å². The van der Waals surface area contributed by atoms with Crippen LogP contribution in [0.4, 0.5) is 0 Å². The maximum absolute atomic E-state index is 12.9. The number of rotatable bonds is 6. The zero-order chi connectivity index (χ0) is 21.8. The van der Waals surface area contributed by atoms with Gasteiger partial charge in [0.1, 0.15) is 5.69 Å². The van der Waals surface area contributed by atoms with E-state index in [1.165, 1.54) is 0 Å². The van der Waals surface area contributed by atoms with Crippen LogP contribution in [0.25, 0.3) is 22.7 Å². The molecule has 2 heterocycles. The van der Waals surface area contributed by atoms with Crippen LogP contribution in [0.15, 0.2) is 81.7 Å². The molecule has 0 aliphatic carbocycles. The van der Waals surface area contributed by atoms with Crippen molar-refractivity contribution in [1.82, 2.24) is 20.5 Å². The van der Waals surface area contributed by atoms with Gasteiger partial charge >= 0.3 is 0 Å². The van der Waals surface area contributed by atoms with Crippen LogP contribution in [-0.2, 0) is 6.42 Å². The highest BCUT2D eigenvalue weighted by Gasteiger charge is 2.25. The topological polar surface area (TPSA) is 80.9 Å². The minimum absolute atomic E-state index is 0.260. The van der Waals surface area contributed by atoms with E-state index in [-0.39, 0.29) is 5.91 Å². The highest BCUT2D eigenvalue weighted by Crippen LogP contribution is 2.22. The Morgan fingerprint density at radius 2 is 1.71 bits per heavy atom. The SMILES string of the molecule is CC(C)(Cc1nnc(-c2ccccc2)o1)NC(=O)c1cccc(-c2cccc(Br)c2)n1. The normalized spacial score (nSPS) is 11.3. The predicted molar refractivity (Wildman–Crippen MR) is 122 cm³/mol. The van der Waals surface area contributed by atoms with Gasteiger partial charge in [0.15, 0.2) is 0 Å². The number of benzene rings is 2. The van der Waals surface area contributed by atoms with Crippen LogP contribution in [0.1, 0.15) is 30.2 Å². The molecule has 0 atom stereocenters. The molecule has 1 amide bonds. The Hall–Kier alpha value is -3.32. The van der Waals surface area contributed by atoms with Crippen LogP contribution in [-0.4, -0.2) is 26.6 Å². The van der Waals surface area contributed by atoms with E-state index in [9.17, 15) is 4.79 Å². The summed E-state index contributed by atoms with van der Waals surface area (Å²) in [6.07, 6.45) is 0.393. The number of halogens is 1. The first-order valence-electron chi connectivity index (χ1n) is 9.83. The van der Waals surface area contributed by atoms with Crippen molar-refractivity contribution in [1.29, 1.82) is 0 Å². The third-order valence-electron chi connectivity index (χ3n) is 4.63. The van der Waals surface area contributed by atoms with Crippen molar-refractivity contribution in [2.75, 3.05) is 0 Å². The molecule has 7 heteroatoms. The fourth-order valence-corrected chi connectivity index (χ4v) is 3.59. The molecular formula is C24H21BrN4O2. The van der Waals surface area contributed by atoms with Crippen molar-refractivity contribution in [3.63, 3.8) is 0 Å². The number of amides is 1. The lowest BCUT2D eigenvalue weighted by Gasteiger charge is -2.24. The van der Waals surface area contributed by atoms with Crippen LogP contribution >= 0.6 is 15.9 Å². The van der Waals surface area contributed by atoms with Gasteiger partial charge < -0.3 is 9.73 Å². The second kappa shape index (κ2) is 8.81. The van der Waals surface area contributed by atoms with Crippen molar-refractivity contribution in [3.05, 3.63) is 88.9 Å². The van der Waals surface area contributed by atoms with Gasteiger partial charge in [-0.3, -0.25) is 4.79 Å². The number of pyridine rings is 1. The number of nitrogens with one attached hydrogen (secondary N) is 1. The number of carbonyl (C=O) groups excluding carboxylic acids is 1. The van der Waals surface area contributed by atoms with Crippen LogP contribution < -0.4 is 5.32 Å². The van der Waals surface area contributed by atoms with Gasteiger partial charge in [0.2, 0.25) is 11.8 Å². The summed E-state index contributed by atoms with van der Waals surface area (Å²) in [5.41, 5.74) is 2.27. The first kappa shape index (κ1) is 20.9. The fraction of sp³-hybridized carbons (Fsp3) is 0.167. The van der Waals surface area contributed by atoms with Gasteiger partial charge in [0, 0.05) is 27.6 Å². The van der Waals surface area contributed by atoms with E-state index in [0.717, 1.165) is 21.3 Å². The predicted octanol–water partition coefficient (Wildman–Crippen LogP) is 5.31. The van der Waals surface area contributed by atoms with Gasteiger partial charge in [0.25, 0.3) is 5.91 Å². The Bertz CT molecular complexity index is 1200. The van der Waals surface area contributed by atoms with E-state index in [2.05, 4.69) is 36.4 Å². The summed E-state index contributed by atoms with van der Waals surface area (Å²) in [5, 5.41) is 11.3. The first-order valence-corrected chi connectivity index (χ1v) is 10.6. The minimum Gasteiger partial charge on any atom is -0.421 e. The second-order valence-corrected chi connectivity index (χ2v) is 8.72. The van der Waals surface area contributed by atoms with Crippen LogP contribution in [0.3, 0.4) is 0 Å². The third kappa shape index (κ3) is 5.24. The number of nitrogens with zero attached hydrogens (tertiary/aromatic N) is 3. The molecule has 0 bridgehead atoms. The molecule has 0 aliphatic heterocycles. The van der Waals surface area contributed by atoms with Crippen LogP contribution in [0, 0.1) is 0 Å². The largest absolute Gasteiger partial charge is 0.421 e. The molecule has 0 fully saturated rings. The molecule has 31 heavy (non-hydrogen) atoms. The van der Waals surface area contributed by atoms with Crippen molar-refractivity contribution >= 4 is 21.8 Å². The van der Waals surface area contributed by atoms with Gasteiger partial charge in [-0.2, -0.15) is 0 Å². The summed E-state index contributed by atoms with van der Waals surface area (Å²) < 4.78 is 6.74. The number of carbonyl (C=O) groups is 1. The standard InChI is InChI=1S/C24H21BrN4O2/c1-24(2,15-21-28-29-23(31-21)16-8-4-3-5-9-16)27-22(30)20-13-7-12-19(26-20)17-10-6-11-18(25)14-17/h3-14H,15H2,1-2H3,(H,27,30). The third-order valence-corrected chi connectivity index (χ3v) is 5.13. The molecule has 6 nitrogen and oxygen atoms in total. The molecule has 2 aromatic heterocycles. The molecule has 0 unspecified atom stereocenters. The van der Waals surface area contributed by atoms with E-state index < -0.39 is 5.54 Å². The Morgan fingerprint density at radius 3 is 2.48 bits per heavy atom. The van der Waals surface area contributed by atoms with Crippen LogP contribution in [0.2, 0.25) is 0 Å². The summed E-state index contributed by atoms with van der Waals surface area (Å²) in [5.74, 6) is 0.658. The molecule has 0 aliphatic rings. The summed E-state index contributed by atoms with van der Waals surface area (Å²) in [6, 6.07) is 22.8. The maximum Gasteiger partial charge on any atom is 0.270 e. The first-order chi connectivity index (χ1) is 14.9. The van der Waals surface area contributed by atoms with Gasteiger partial charge in [-0.05, 0) is 50.2 Å². The molecule has 0 radical (unpaired) electrons. The van der Waals surface area contributed by atoms with E-state index >= 15 is 0 Å². The zero-order valence-electron chi connectivity index (χ0n) is 17.2.